The topological polar surface area (TPSA) is 73.0 Å². The van der Waals surface area contributed by atoms with Gasteiger partial charge in [0.2, 0.25) is 17.6 Å². The summed E-state index contributed by atoms with van der Waals surface area (Å²) in [5.74, 6) is 1.48. The van der Waals surface area contributed by atoms with Gasteiger partial charge in [0.15, 0.2) is 0 Å². The number of rotatable bonds is 7. The van der Waals surface area contributed by atoms with Gasteiger partial charge in [-0.15, -0.1) is 0 Å². The second-order valence-electron chi connectivity index (χ2n) is 7.09. The zero-order valence-electron chi connectivity index (χ0n) is 16.3. The van der Waals surface area contributed by atoms with Crippen LogP contribution in [-0.4, -0.2) is 20.6 Å². The average Bonchev–Trinajstić information content (AvgIpc) is 3.26. The molecular formula is C21H26N4O2. The molecule has 1 aromatic carbocycles. The Hall–Kier alpha value is -2.89. The Morgan fingerprint density at radius 3 is 2.56 bits per heavy atom. The normalized spacial score (nSPS) is 11.1. The summed E-state index contributed by atoms with van der Waals surface area (Å²) in [5.41, 5.74) is 4.43. The zero-order chi connectivity index (χ0) is 19.4. The molecule has 0 atom stereocenters. The Bertz CT molecular complexity index is 907. The van der Waals surface area contributed by atoms with Crippen molar-refractivity contribution in [1.82, 2.24) is 20.0 Å². The fourth-order valence-electron chi connectivity index (χ4n) is 2.83. The monoisotopic (exact) mass is 366 g/mol. The second kappa shape index (κ2) is 8.20. The fraction of sp³-hybridized carbons (Fsp3) is 0.381. The Labute approximate surface area is 159 Å². The number of carbonyl (C=O) groups is 1. The molecule has 0 saturated carbocycles. The number of nitrogens with zero attached hydrogens (tertiary/aromatic N) is 3. The van der Waals surface area contributed by atoms with E-state index in [2.05, 4.69) is 46.0 Å². The van der Waals surface area contributed by atoms with Gasteiger partial charge in [0.1, 0.15) is 0 Å². The van der Waals surface area contributed by atoms with Crippen molar-refractivity contribution in [3.8, 4) is 11.4 Å². The standard InChI is InChI=1S/C21H26N4O2/c1-14(2)16-6-8-17(9-7-16)21-23-20(27-24-21)12-11-19(26)22-13-18-10-5-15(3)25(18)4/h5-10,14H,11-13H2,1-4H3,(H,22,26). The summed E-state index contributed by atoms with van der Waals surface area (Å²) in [6.07, 6.45) is 0.742. The summed E-state index contributed by atoms with van der Waals surface area (Å²) >= 11 is 0. The number of hydrogen-bond acceptors (Lipinski definition) is 4. The molecule has 0 aliphatic heterocycles. The Morgan fingerprint density at radius 2 is 1.93 bits per heavy atom. The molecule has 0 spiro atoms. The van der Waals surface area contributed by atoms with Gasteiger partial charge in [-0.2, -0.15) is 4.98 Å². The molecule has 3 rings (SSSR count). The molecule has 0 aliphatic carbocycles. The lowest BCUT2D eigenvalue weighted by atomic mass is 10.0. The van der Waals surface area contributed by atoms with Gasteiger partial charge in [0.25, 0.3) is 0 Å². The van der Waals surface area contributed by atoms with E-state index in [1.54, 1.807) is 0 Å². The smallest absolute Gasteiger partial charge is 0.227 e. The highest BCUT2D eigenvalue weighted by molar-refractivity contribution is 5.76. The zero-order valence-corrected chi connectivity index (χ0v) is 16.3. The number of aryl methyl sites for hydroxylation is 2. The Balaban J connectivity index is 1.51. The SMILES string of the molecule is Cc1ccc(CNC(=O)CCc2nc(-c3ccc(C(C)C)cc3)no2)n1C. The van der Waals surface area contributed by atoms with Crippen molar-refractivity contribution in [2.45, 2.75) is 46.1 Å². The third kappa shape index (κ3) is 4.64. The van der Waals surface area contributed by atoms with E-state index in [4.69, 9.17) is 4.52 Å². The summed E-state index contributed by atoms with van der Waals surface area (Å²) in [6, 6.07) is 12.2. The van der Waals surface area contributed by atoms with Crippen LogP contribution in [0.5, 0.6) is 0 Å². The predicted octanol–water partition coefficient (Wildman–Crippen LogP) is 3.76. The summed E-state index contributed by atoms with van der Waals surface area (Å²) in [4.78, 5) is 16.5. The summed E-state index contributed by atoms with van der Waals surface area (Å²) in [7, 11) is 1.99. The molecule has 0 radical (unpaired) electrons. The highest BCUT2D eigenvalue weighted by atomic mass is 16.5. The molecule has 142 valence electrons. The lowest BCUT2D eigenvalue weighted by molar-refractivity contribution is -0.121. The quantitative estimate of drug-likeness (QED) is 0.691. The van der Waals surface area contributed by atoms with Crippen LogP contribution in [0.3, 0.4) is 0 Å². The molecule has 0 bridgehead atoms. The molecule has 2 heterocycles. The number of amides is 1. The van der Waals surface area contributed by atoms with Gasteiger partial charge in [0.05, 0.1) is 6.54 Å². The first-order valence-electron chi connectivity index (χ1n) is 9.25. The van der Waals surface area contributed by atoms with E-state index in [0.717, 1.165) is 11.3 Å². The number of aromatic nitrogens is 3. The highest BCUT2D eigenvalue weighted by Crippen LogP contribution is 2.20. The maximum Gasteiger partial charge on any atom is 0.227 e. The molecule has 2 aromatic heterocycles. The summed E-state index contributed by atoms with van der Waals surface area (Å²) in [5, 5.41) is 6.95. The van der Waals surface area contributed by atoms with E-state index in [-0.39, 0.29) is 5.91 Å². The number of hydrogen-bond donors (Lipinski definition) is 1. The molecule has 27 heavy (non-hydrogen) atoms. The minimum Gasteiger partial charge on any atom is -0.351 e. The van der Waals surface area contributed by atoms with Gasteiger partial charge in [-0.25, -0.2) is 0 Å². The van der Waals surface area contributed by atoms with Gasteiger partial charge >= 0.3 is 0 Å². The maximum atomic E-state index is 12.1. The minimum atomic E-state index is -0.0325. The van der Waals surface area contributed by atoms with E-state index in [1.165, 1.54) is 11.3 Å². The molecule has 1 amide bonds. The van der Waals surface area contributed by atoms with Crippen molar-refractivity contribution in [2.24, 2.45) is 7.05 Å². The van der Waals surface area contributed by atoms with Crippen molar-refractivity contribution in [3.05, 3.63) is 59.2 Å². The van der Waals surface area contributed by atoms with Crippen molar-refractivity contribution >= 4 is 5.91 Å². The molecule has 0 fully saturated rings. The minimum absolute atomic E-state index is 0.0325. The lowest BCUT2D eigenvalue weighted by Crippen LogP contribution is -2.24. The van der Waals surface area contributed by atoms with Crippen LogP contribution in [0.2, 0.25) is 0 Å². The predicted molar refractivity (Wildman–Crippen MR) is 104 cm³/mol. The molecule has 0 aliphatic rings. The third-order valence-electron chi connectivity index (χ3n) is 4.81. The molecule has 0 unspecified atom stereocenters. The van der Waals surface area contributed by atoms with Gasteiger partial charge in [-0.1, -0.05) is 43.3 Å². The number of carbonyl (C=O) groups excluding carboxylic acids is 1. The molecular weight excluding hydrogens is 340 g/mol. The van der Waals surface area contributed by atoms with Crippen molar-refractivity contribution in [1.29, 1.82) is 0 Å². The molecule has 0 saturated heterocycles. The van der Waals surface area contributed by atoms with Crippen molar-refractivity contribution in [2.75, 3.05) is 0 Å². The van der Waals surface area contributed by atoms with Crippen LogP contribution < -0.4 is 5.32 Å². The van der Waals surface area contributed by atoms with Crippen LogP contribution in [0.15, 0.2) is 40.9 Å². The Morgan fingerprint density at radius 1 is 1.19 bits per heavy atom. The van der Waals surface area contributed by atoms with Crippen LogP contribution in [-0.2, 0) is 24.8 Å². The van der Waals surface area contributed by atoms with Crippen LogP contribution in [0.1, 0.15) is 49.0 Å². The molecule has 6 heteroatoms. The van der Waals surface area contributed by atoms with Gasteiger partial charge in [-0.05, 0) is 30.5 Å². The van der Waals surface area contributed by atoms with E-state index in [0.29, 0.717) is 37.0 Å². The first-order chi connectivity index (χ1) is 12.9. The van der Waals surface area contributed by atoms with E-state index in [1.807, 2.05) is 38.2 Å². The van der Waals surface area contributed by atoms with Crippen molar-refractivity contribution < 1.29 is 9.32 Å². The van der Waals surface area contributed by atoms with Crippen LogP contribution >= 0.6 is 0 Å². The van der Waals surface area contributed by atoms with Gasteiger partial charge in [-0.3, -0.25) is 4.79 Å². The highest BCUT2D eigenvalue weighted by Gasteiger charge is 2.11. The summed E-state index contributed by atoms with van der Waals surface area (Å²) < 4.78 is 7.35. The summed E-state index contributed by atoms with van der Waals surface area (Å²) in [6.45, 7) is 6.87. The maximum absolute atomic E-state index is 12.1. The fourth-order valence-corrected chi connectivity index (χ4v) is 2.83. The molecule has 6 nitrogen and oxygen atoms in total. The van der Waals surface area contributed by atoms with Crippen LogP contribution in [0.25, 0.3) is 11.4 Å². The lowest BCUT2D eigenvalue weighted by Gasteiger charge is -2.06. The van der Waals surface area contributed by atoms with E-state index >= 15 is 0 Å². The van der Waals surface area contributed by atoms with Crippen molar-refractivity contribution in [3.63, 3.8) is 0 Å². The van der Waals surface area contributed by atoms with Crippen LogP contribution in [0.4, 0.5) is 0 Å². The largest absolute Gasteiger partial charge is 0.351 e. The molecule has 1 N–H and O–H groups in total. The van der Waals surface area contributed by atoms with Gasteiger partial charge in [0, 0.05) is 36.8 Å². The van der Waals surface area contributed by atoms with E-state index in [9.17, 15) is 4.79 Å². The third-order valence-corrected chi connectivity index (χ3v) is 4.81. The molecule has 3 aromatic rings. The first-order valence-corrected chi connectivity index (χ1v) is 9.25. The number of nitrogens with one attached hydrogen (secondary N) is 1. The number of benzene rings is 1. The average molecular weight is 366 g/mol. The first kappa shape index (κ1) is 18.9. The second-order valence-corrected chi connectivity index (χ2v) is 7.09. The van der Waals surface area contributed by atoms with Gasteiger partial charge < -0.3 is 14.4 Å². The van der Waals surface area contributed by atoms with Crippen LogP contribution in [0, 0.1) is 6.92 Å². The Kier molecular flexibility index (Phi) is 5.74. The van der Waals surface area contributed by atoms with E-state index < -0.39 is 0 Å².